The second-order valence-corrected chi connectivity index (χ2v) is 8.05. The van der Waals surface area contributed by atoms with E-state index in [1.54, 1.807) is 0 Å². The molecule has 0 saturated heterocycles. The fourth-order valence-electron chi connectivity index (χ4n) is 4.94. The van der Waals surface area contributed by atoms with Gasteiger partial charge < -0.3 is 4.74 Å². The summed E-state index contributed by atoms with van der Waals surface area (Å²) in [5.41, 5.74) is 5.11. The van der Waals surface area contributed by atoms with E-state index >= 15 is 0 Å². The Labute approximate surface area is 140 Å². The highest BCUT2D eigenvalue weighted by atomic mass is 16.5. The normalized spacial score (nSPS) is 26.8. The van der Waals surface area contributed by atoms with Gasteiger partial charge in [0.1, 0.15) is 12.4 Å². The molecule has 0 fully saturated rings. The number of H-pyrrole nitrogens is 1. The van der Waals surface area contributed by atoms with Gasteiger partial charge >= 0.3 is 0 Å². The number of ketones is 1. The molecule has 0 radical (unpaired) electrons. The number of carbonyl (C=O) groups excluding carboxylic acids is 1. The standard InChI is InChI=1S/C20H20N2O2/c1-19(2)8-12-7-15-14(10-21-22-15)20(18(12)16(23)9-19)11-24-17-6-4-3-5-13(17)20/h3-6,10H,7-9,11H2,1-2H3,(H,21,22)/t20-/m0/s1. The van der Waals surface area contributed by atoms with Crippen LogP contribution in [-0.2, 0) is 16.6 Å². The number of nitrogens with one attached hydrogen (secondary N) is 1. The maximum atomic E-state index is 13.2. The molecule has 1 spiro atoms. The second kappa shape index (κ2) is 4.38. The monoisotopic (exact) mass is 320 g/mol. The van der Waals surface area contributed by atoms with Crippen LogP contribution in [0.3, 0.4) is 0 Å². The van der Waals surface area contributed by atoms with Crippen LogP contribution in [0.4, 0.5) is 0 Å². The van der Waals surface area contributed by atoms with E-state index in [0.717, 1.165) is 41.0 Å². The van der Waals surface area contributed by atoms with Gasteiger partial charge in [0.25, 0.3) is 0 Å². The van der Waals surface area contributed by atoms with E-state index in [1.807, 2.05) is 24.4 Å². The zero-order valence-corrected chi connectivity index (χ0v) is 14.0. The zero-order chi connectivity index (χ0) is 16.5. The predicted octanol–water partition coefficient (Wildman–Crippen LogP) is 3.33. The van der Waals surface area contributed by atoms with Gasteiger partial charge in [0.2, 0.25) is 0 Å². The Morgan fingerprint density at radius 2 is 2.00 bits per heavy atom. The highest BCUT2D eigenvalue weighted by Crippen LogP contribution is 2.56. The van der Waals surface area contributed by atoms with Crippen molar-refractivity contribution < 1.29 is 9.53 Å². The Balaban J connectivity index is 1.83. The minimum Gasteiger partial charge on any atom is -0.492 e. The molecule has 3 aliphatic rings. The van der Waals surface area contributed by atoms with Crippen molar-refractivity contribution in [2.75, 3.05) is 6.61 Å². The van der Waals surface area contributed by atoms with E-state index in [1.165, 1.54) is 5.57 Å². The summed E-state index contributed by atoms with van der Waals surface area (Å²) in [7, 11) is 0. The van der Waals surface area contributed by atoms with E-state index in [0.29, 0.717) is 13.0 Å². The number of nitrogens with zero attached hydrogens (tertiary/aromatic N) is 1. The molecule has 1 aromatic carbocycles. The molecule has 1 aromatic heterocycles. The first kappa shape index (κ1) is 14.0. The summed E-state index contributed by atoms with van der Waals surface area (Å²) in [6, 6.07) is 8.11. The van der Waals surface area contributed by atoms with Crippen molar-refractivity contribution in [3.63, 3.8) is 0 Å². The Hall–Kier alpha value is -2.36. The van der Waals surface area contributed by atoms with Crippen LogP contribution in [0.5, 0.6) is 5.75 Å². The number of benzene rings is 1. The topological polar surface area (TPSA) is 55.0 Å². The molecule has 0 unspecified atom stereocenters. The van der Waals surface area contributed by atoms with Crippen LogP contribution in [0.1, 0.15) is 43.5 Å². The molecule has 2 aliphatic carbocycles. The smallest absolute Gasteiger partial charge is 0.160 e. The van der Waals surface area contributed by atoms with Gasteiger partial charge in [0, 0.05) is 35.2 Å². The highest BCUT2D eigenvalue weighted by molar-refractivity contribution is 6.02. The number of Topliss-reactive ketones (excluding diaryl/α,β-unsaturated/α-hetero) is 1. The van der Waals surface area contributed by atoms with E-state index in [4.69, 9.17) is 4.74 Å². The van der Waals surface area contributed by atoms with Gasteiger partial charge in [-0.3, -0.25) is 9.89 Å². The number of aromatic amines is 1. The number of fused-ring (bicyclic) bond motifs is 5. The summed E-state index contributed by atoms with van der Waals surface area (Å²) in [5.74, 6) is 1.16. The van der Waals surface area contributed by atoms with Crippen LogP contribution >= 0.6 is 0 Å². The second-order valence-electron chi connectivity index (χ2n) is 8.05. The van der Waals surface area contributed by atoms with Crippen LogP contribution in [0, 0.1) is 5.41 Å². The molecule has 0 amide bonds. The van der Waals surface area contributed by atoms with Crippen molar-refractivity contribution in [1.29, 1.82) is 0 Å². The quantitative estimate of drug-likeness (QED) is 0.810. The first-order valence-electron chi connectivity index (χ1n) is 8.52. The van der Waals surface area contributed by atoms with Crippen molar-refractivity contribution in [2.45, 2.75) is 38.5 Å². The molecule has 2 aromatic rings. The maximum Gasteiger partial charge on any atom is 0.160 e. The number of aromatic nitrogens is 2. The average molecular weight is 320 g/mol. The average Bonchev–Trinajstić information content (AvgIpc) is 3.12. The van der Waals surface area contributed by atoms with Crippen molar-refractivity contribution >= 4 is 5.78 Å². The van der Waals surface area contributed by atoms with E-state index in [2.05, 4.69) is 30.1 Å². The van der Waals surface area contributed by atoms with Crippen LogP contribution in [0.2, 0.25) is 0 Å². The minimum atomic E-state index is -0.486. The number of ether oxygens (including phenoxy) is 1. The van der Waals surface area contributed by atoms with Gasteiger partial charge in [-0.2, -0.15) is 5.10 Å². The maximum absolute atomic E-state index is 13.2. The molecule has 0 saturated carbocycles. The van der Waals surface area contributed by atoms with Crippen molar-refractivity contribution in [2.24, 2.45) is 5.41 Å². The first-order chi connectivity index (χ1) is 11.5. The lowest BCUT2D eigenvalue weighted by atomic mass is 9.58. The number of carbonyl (C=O) groups is 1. The molecule has 4 nitrogen and oxygen atoms in total. The molecule has 24 heavy (non-hydrogen) atoms. The Morgan fingerprint density at radius 3 is 2.88 bits per heavy atom. The number of rotatable bonds is 0. The van der Waals surface area contributed by atoms with Crippen LogP contribution in [0.15, 0.2) is 41.6 Å². The van der Waals surface area contributed by atoms with Gasteiger partial charge in [0.05, 0.1) is 11.6 Å². The number of allylic oxidation sites excluding steroid dienone is 1. The lowest BCUT2D eigenvalue weighted by Gasteiger charge is -2.42. The van der Waals surface area contributed by atoms with E-state index in [-0.39, 0.29) is 11.2 Å². The molecule has 5 rings (SSSR count). The molecule has 122 valence electrons. The molecule has 1 atom stereocenters. The Bertz CT molecular complexity index is 906. The van der Waals surface area contributed by atoms with Gasteiger partial charge in [0.15, 0.2) is 5.78 Å². The van der Waals surface area contributed by atoms with E-state index in [9.17, 15) is 4.79 Å². The summed E-state index contributed by atoms with van der Waals surface area (Å²) in [6.45, 7) is 4.86. The van der Waals surface area contributed by atoms with E-state index < -0.39 is 5.41 Å². The van der Waals surface area contributed by atoms with Crippen molar-refractivity contribution in [3.05, 3.63) is 58.4 Å². The SMILES string of the molecule is CC1(C)CC(=O)C2=C(Cc3[nH]ncc3[C@@]23COc2ccccc23)C1. The van der Waals surface area contributed by atoms with Gasteiger partial charge in [-0.15, -0.1) is 0 Å². The van der Waals surface area contributed by atoms with Crippen LogP contribution in [0.25, 0.3) is 0 Å². The largest absolute Gasteiger partial charge is 0.492 e. The predicted molar refractivity (Wildman–Crippen MR) is 90.1 cm³/mol. The Kier molecular flexibility index (Phi) is 2.56. The zero-order valence-electron chi connectivity index (χ0n) is 14.0. The molecular weight excluding hydrogens is 300 g/mol. The lowest BCUT2D eigenvalue weighted by molar-refractivity contribution is -0.118. The number of para-hydroxylation sites is 1. The molecular formula is C20H20N2O2. The summed E-state index contributed by atoms with van der Waals surface area (Å²) < 4.78 is 6.04. The third-order valence-corrected chi connectivity index (χ3v) is 5.75. The molecule has 4 heteroatoms. The van der Waals surface area contributed by atoms with Gasteiger partial charge in [-0.1, -0.05) is 37.6 Å². The minimum absolute atomic E-state index is 0.0214. The van der Waals surface area contributed by atoms with Gasteiger partial charge in [-0.25, -0.2) is 0 Å². The number of hydrogen-bond acceptors (Lipinski definition) is 3. The third kappa shape index (κ3) is 1.63. The lowest BCUT2D eigenvalue weighted by Crippen LogP contribution is -2.43. The summed E-state index contributed by atoms with van der Waals surface area (Å²) in [4.78, 5) is 13.2. The molecule has 2 heterocycles. The van der Waals surface area contributed by atoms with Crippen molar-refractivity contribution in [3.8, 4) is 5.75 Å². The summed E-state index contributed by atoms with van der Waals surface area (Å²) >= 11 is 0. The summed E-state index contributed by atoms with van der Waals surface area (Å²) in [5, 5.41) is 7.46. The van der Waals surface area contributed by atoms with Gasteiger partial charge in [-0.05, 0) is 17.9 Å². The fraction of sp³-hybridized carbons (Fsp3) is 0.400. The highest BCUT2D eigenvalue weighted by Gasteiger charge is 2.54. The summed E-state index contributed by atoms with van der Waals surface area (Å²) in [6.07, 6.45) is 4.24. The Morgan fingerprint density at radius 1 is 1.17 bits per heavy atom. The van der Waals surface area contributed by atoms with Crippen molar-refractivity contribution in [1.82, 2.24) is 10.2 Å². The van der Waals surface area contributed by atoms with Crippen LogP contribution < -0.4 is 4.74 Å². The number of hydrogen-bond donors (Lipinski definition) is 1. The molecule has 1 N–H and O–H groups in total. The van der Waals surface area contributed by atoms with Crippen LogP contribution in [-0.4, -0.2) is 22.6 Å². The molecule has 0 bridgehead atoms. The fourth-order valence-corrected chi connectivity index (χ4v) is 4.94. The first-order valence-corrected chi connectivity index (χ1v) is 8.52. The molecule has 1 aliphatic heterocycles. The third-order valence-electron chi connectivity index (χ3n) is 5.75.